The summed E-state index contributed by atoms with van der Waals surface area (Å²) in [6, 6.07) is 7.72. The molecule has 1 aliphatic heterocycles. The molecule has 0 aliphatic carbocycles. The van der Waals surface area contributed by atoms with Crippen molar-refractivity contribution in [1.82, 2.24) is 4.90 Å². The van der Waals surface area contributed by atoms with Gasteiger partial charge in [-0.3, -0.25) is 4.90 Å². The van der Waals surface area contributed by atoms with Crippen LogP contribution in [0.25, 0.3) is 0 Å². The summed E-state index contributed by atoms with van der Waals surface area (Å²) >= 11 is 6.25. The minimum atomic E-state index is 0.415. The molecule has 1 fully saturated rings. The first kappa shape index (κ1) is 15.4. The molecule has 0 aromatic heterocycles. The maximum absolute atomic E-state index is 8.86. The number of piperidine rings is 1. The smallest absolute Gasteiger partial charge is 0.0992 e. The van der Waals surface area contributed by atoms with Crippen LogP contribution in [0.5, 0.6) is 0 Å². The van der Waals surface area contributed by atoms with Gasteiger partial charge in [-0.25, -0.2) is 0 Å². The highest BCUT2D eigenvalue weighted by molar-refractivity contribution is 6.31. The van der Waals surface area contributed by atoms with Crippen LogP contribution in [0.15, 0.2) is 18.2 Å². The number of hydrogen-bond acceptors (Lipinski definition) is 2. The Balaban J connectivity index is 1.95. The van der Waals surface area contributed by atoms with Gasteiger partial charge in [-0.15, -0.1) is 0 Å². The molecule has 1 aliphatic rings. The van der Waals surface area contributed by atoms with Gasteiger partial charge in [-0.1, -0.05) is 38.4 Å². The van der Waals surface area contributed by atoms with E-state index in [-0.39, 0.29) is 0 Å². The molecule has 2 nitrogen and oxygen atoms in total. The number of hydrogen-bond donors (Lipinski definition) is 0. The third-order valence-electron chi connectivity index (χ3n) is 4.39. The maximum atomic E-state index is 8.86. The van der Waals surface area contributed by atoms with E-state index < -0.39 is 0 Å². The minimum Gasteiger partial charge on any atom is -0.299 e. The van der Waals surface area contributed by atoms with E-state index in [0.29, 0.717) is 16.0 Å². The number of rotatable bonds is 2. The van der Waals surface area contributed by atoms with Crippen LogP contribution in [-0.4, -0.2) is 18.0 Å². The first-order valence-corrected chi connectivity index (χ1v) is 7.69. The molecule has 0 spiro atoms. The molecule has 0 N–H and O–H groups in total. The minimum absolute atomic E-state index is 0.415. The summed E-state index contributed by atoms with van der Waals surface area (Å²) < 4.78 is 0. The van der Waals surface area contributed by atoms with E-state index in [9.17, 15) is 0 Å². The third kappa shape index (κ3) is 3.75. The standard InChI is InChI=1S/C17H23ClN2/c1-17(2,3)15-6-8-20(9-7-15)12-14-5-4-13(11-19)10-16(14)18/h4-5,10,15H,6-9,12H2,1-3H3. The van der Waals surface area contributed by atoms with Crippen molar-refractivity contribution in [3.05, 3.63) is 34.3 Å². The number of halogens is 1. The van der Waals surface area contributed by atoms with Gasteiger partial charge in [0.1, 0.15) is 0 Å². The van der Waals surface area contributed by atoms with E-state index in [0.717, 1.165) is 31.1 Å². The van der Waals surface area contributed by atoms with Crippen LogP contribution in [-0.2, 0) is 6.54 Å². The topological polar surface area (TPSA) is 27.0 Å². The molecule has 1 aromatic rings. The van der Waals surface area contributed by atoms with E-state index in [2.05, 4.69) is 31.7 Å². The van der Waals surface area contributed by atoms with Gasteiger partial charge in [0.2, 0.25) is 0 Å². The summed E-state index contributed by atoms with van der Waals surface area (Å²) in [7, 11) is 0. The largest absolute Gasteiger partial charge is 0.299 e. The highest BCUT2D eigenvalue weighted by Gasteiger charge is 2.28. The molecule has 0 bridgehead atoms. The lowest BCUT2D eigenvalue weighted by Crippen LogP contribution is -2.37. The zero-order chi connectivity index (χ0) is 14.8. The lowest BCUT2D eigenvalue weighted by Gasteiger charge is -2.38. The van der Waals surface area contributed by atoms with Crippen molar-refractivity contribution < 1.29 is 0 Å². The Hall–Kier alpha value is -1.04. The van der Waals surface area contributed by atoms with Gasteiger partial charge in [0, 0.05) is 11.6 Å². The molecule has 108 valence electrons. The molecular formula is C17H23ClN2. The Bertz CT molecular complexity index is 503. The number of nitriles is 1. The van der Waals surface area contributed by atoms with Crippen LogP contribution < -0.4 is 0 Å². The van der Waals surface area contributed by atoms with Gasteiger partial charge in [0.25, 0.3) is 0 Å². The average molecular weight is 291 g/mol. The van der Waals surface area contributed by atoms with Crippen molar-refractivity contribution in [2.24, 2.45) is 11.3 Å². The Morgan fingerprint density at radius 1 is 1.30 bits per heavy atom. The van der Waals surface area contributed by atoms with Crippen LogP contribution >= 0.6 is 11.6 Å². The molecule has 0 radical (unpaired) electrons. The van der Waals surface area contributed by atoms with E-state index in [1.54, 1.807) is 6.07 Å². The van der Waals surface area contributed by atoms with Gasteiger partial charge in [0.05, 0.1) is 11.6 Å². The summed E-state index contributed by atoms with van der Waals surface area (Å²) in [5, 5.41) is 9.57. The third-order valence-corrected chi connectivity index (χ3v) is 4.74. The second kappa shape index (κ2) is 6.16. The van der Waals surface area contributed by atoms with Gasteiger partial charge in [-0.2, -0.15) is 5.26 Å². The predicted octanol–water partition coefficient (Wildman–Crippen LogP) is 4.47. The van der Waals surface area contributed by atoms with Crippen molar-refractivity contribution in [3.8, 4) is 6.07 Å². The molecule has 20 heavy (non-hydrogen) atoms. The number of benzene rings is 1. The molecule has 1 heterocycles. The van der Waals surface area contributed by atoms with Crippen LogP contribution in [0.4, 0.5) is 0 Å². The van der Waals surface area contributed by atoms with Crippen molar-refractivity contribution in [2.45, 2.75) is 40.2 Å². The summed E-state index contributed by atoms with van der Waals surface area (Å²) in [4.78, 5) is 2.47. The molecule has 3 heteroatoms. The Morgan fingerprint density at radius 3 is 2.45 bits per heavy atom. The molecule has 1 saturated heterocycles. The number of nitrogens with zero attached hydrogens (tertiary/aromatic N) is 2. The summed E-state index contributed by atoms with van der Waals surface area (Å²) in [5.74, 6) is 0.815. The fourth-order valence-corrected chi connectivity index (χ4v) is 3.18. The van der Waals surface area contributed by atoms with Gasteiger partial charge in [0.15, 0.2) is 0 Å². The Morgan fingerprint density at radius 2 is 1.95 bits per heavy atom. The second-order valence-electron chi connectivity index (χ2n) is 6.83. The second-order valence-corrected chi connectivity index (χ2v) is 7.24. The van der Waals surface area contributed by atoms with E-state index >= 15 is 0 Å². The Kier molecular flexibility index (Phi) is 4.73. The SMILES string of the molecule is CC(C)(C)C1CCN(Cc2ccc(C#N)cc2Cl)CC1. The first-order valence-electron chi connectivity index (χ1n) is 7.31. The molecular weight excluding hydrogens is 268 g/mol. The van der Waals surface area contributed by atoms with E-state index in [1.807, 2.05) is 12.1 Å². The zero-order valence-electron chi connectivity index (χ0n) is 12.6. The molecule has 1 aromatic carbocycles. The predicted molar refractivity (Wildman–Crippen MR) is 83.6 cm³/mol. The van der Waals surface area contributed by atoms with Crippen LogP contribution in [0.2, 0.25) is 5.02 Å². The van der Waals surface area contributed by atoms with Crippen LogP contribution in [0, 0.1) is 22.7 Å². The fourth-order valence-electron chi connectivity index (χ4n) is 2.94. The summed E-state index contributed by atoms with van der Waals surface area (Å²) in [6.45, 7) is 10.2. The molecule has 0 amide bonds. The van der Waals surface area contributed by atoms with E-state index in [1.165, 1.54) is 12.8 Å². The quantitative estimate of drug-likeness (QED) is 0.803. The monoisotopic (exact) mass is 290 g/mol. The highest BCUT2D eigenvalue weighted by Crippen LogP contribution is 2.34. The number of likely N-dealkylation sites (tertiary alicyclic amines) is 1. The fraction of sp³-hybridized carbons (Fsp3) is 0.588. The molecule has 0 unspecified atom stereocenters. The van der Waals surface area contributed by atoms with Gasteiger partial charge < -0.3 is 0 Å². The van der Waals surface area contributed by atoms with Crippen molar-refractivity contribution in [1.29, 1.82) is 5.26 Å². The molecule has 2 rings (SSSR count). The maximum Gasteiger partial charge on any atom is 0.0992 e. The normalized spacial score (nSPS) is 17.9. The lowest BCUT2D eigenvalue weighted by molar-refractivity contribution is 0.108. The summed E-state index contributed by atoms with van der Waals surface area (Å²) in [6.07, 6.45) is 2.52. The zero-order valence-corrected chi connectivity index (χ0v) is 13.4. The first-order chi connectivity index (χ1) is 9.40. The Labute approximate surface area is 127 Å². The lowest BCUT2D eigenvalue weighted by atomic mass is 9.75. The van der Waals surface area contributed by atoms with Crippen molar-refractivity contribution in [2.75, 3.05) is 13.1 Å². The summed E-state index contributed by atoms with van der Waals surface area (Å²) in [5.41, 5.74) is 2.17. The van der Waals surface area contributed by atoms with E-state index in [4.69, 9.17) is 16.9 Å². The van der Waals surface area contributed by atoms with Gasteiger partial charge >= 0.3 is 0 Å². The van der Waals surface area contributed by atoms with Crippen molar-refractivity contribution >= 4 is 11.6 Å². The van der Waals surface area contributed by atoms with Gasteiger partial charge in [-0.05, 0) is 55.0 Å². The average Bonchev–Trinajstić information content (AvgIpc) is 2.40. The van der Waals surface area contributed by atoms with Crippen LogP contribution in [0.1, 0.15) is 44.7 Å². The van der Waals surface area contributed by atoms with Crippen molar-refractivity contribution in [3.63, 3.8) is 0 Å². The molecule has 0 atom stereocenters. The van der Waals surface area contributed by atoms with Crippen LogP contribution in [0.3, 0.4) is 0 Å². The molecule has 0 saturated carbocycles. The highest BCUT2D eigenvalue weighted by atomic mass is 35.5.